The summed E-state index contributed by atoms with van der Waals surface area (Å²) in [5.74, 6) is 11.5. The minimum atomic E-state index is -0.596. The number of carbonyl (C=O) groups excluding carboxylic acids is 2. The van der Waals surface area contributed by atoms with Crippen molar-refractivity contribution in [3.8, 4) is 29.4 Å². The highest BCUT2D eigenvalue weighted by atomic mass is 16.5. The average Bonchev–Trinajstić information content (AvgIpc) is 2.60. The Hall–Kier alpha value is -2.92. The quantitative estimate of drug-likeness (QED) is 0.742. The lowest BCUT2D eigenvalue weighted by Crippen LogP contribution is -2.46. The van der Waals surface area contributed by atoms with Gasteiger partial charge >= 0.3 is 0 Å². The van der Waals surface area contributed by atoms with Gasteiger partial charge in [0.2, 0.25) is 11.8 Å². The minimum absolute atomic E-state index is 0.227. The standard InChI is InChI=1S/C20H24N2O3/c1-4-5-6-7-8-9-14-25-18-12-10-17(11-13-18)15-19(20(24)21-3)22-16(2)23/h10-13,19H,4-5,14-15H2,1-3H3,(H,21,24)(H,22,23)/t19-/m0/s1. The van der Waals surface area contributed by atoms with E-state index in [-0.39, 0.29) is 18.4 Å². The molecule has 1 aromatic rings. The van der Waals surface area contributed by atoms with Gasteiger partial charge in [-0.2, -0.15) is 0 Å². The lowest BCUT2D eigenvalue weighted by Gasteiger charge is -2.16. The summed E-state index contributed by atoms with van der Waals surface area (Å²) in [6.45, 7) is 3.73. The molecular weight excluding hydrogens is 316 g/mol. The molecule has 0 heterocycles. The van der Waals surface area contributed by atoms with Gasteiger partial charge in [0, 0.05) is 26.8 Å². The Balaban J connectivity index is 2.56. The molecule has 132 valence electrons. The first-order valence-electron chi connectivity index (χ1n) is 8.23. The molecular formula is C20H24N2O3. The Morgan fingerprint density at radius 1 is 1.16 bits per heavy atom. The molecule has 0 aromatic heterocycles. The maximum absolute atomic E-state index is 11.8. The molecule has 2 amide bonds. The van der Waals surface area contributed by atoms with Crippen molar-refractivity contribution in [3.63, 3.8) is 0 Å². The molecule has 0 radical (unpaired) electrons. The van der Waals surface area contributed by atoms with E-state index in [2.05, 4.69) is 41.2 Å². The van der Waals surface area contributed by atoms with Crippen molar-refractivity contribution in [1.29, 1.82) is 0 Å². The Morgan fingerprint density at radius 3 is 2.44 bits per heavy atom. The molecule has 5 nitrogen and oxygen atoms in total. The molecule has 0 aliphatic rings. The zero-order valence-electron chi connectivity index (χ0n) is 14.9. The van der Waals surface area contributed by atoms with Gasteiger partial charge in [0.05, 0.1) is 0 Å². The molecule has 2 N–H and O–H groups in total. The maximum Gasteiger partial charge on any atom is 0.242 e. The van der Waals surface area contributed by atoms with Crippen molar-refractivity contribution < 1.29 is 14.3 Å². The molecule has 5 heteroatoms. The lowest BCUT2D eigenvalue weighted by molar-refractivity contribution is -0.127. The molecule has 1 aromatic carbocycles. The monoisotopic (exact) mass is 340 g/mol. The van der Waals surface area contributed by atoms with Crippen molar-refractivity contribution >= 4 is 11.8 Å². The van der Waals surface area contributed by atoms with Gasteiger partial charge in [-0.1, -0.05) is 25.0 Å². The molecule has 25 heavy (non-hydrogen) atoms. The number of likely N-dealkylation sites (N-methyl/N-ethyl adjacent to an activating group) is 1. The van der Waals surface area contributed by atoms with Gasteiger partial charge in [0.1, 0.15) is 18.4 Å². The normalized spacial score (nSPS) is 10.4. The van der Waals surface area contributed by atoms with E-state index in [0.29, 0.717) is 12.2 Å². The number of rotatable bonds is 7. The Morgan fingerprint density at radius 2 is 1.84 bits per heavy atom. The van der Waals surface area contributed by atoms with Crippen LogP contribution in [0.15, 0.2) is 24.3 Å². The molecule has 0 bridgehead atoms. The molecule has 0 unspecified atom stereocenters. The van der Waals surface area contributed by atoms with E-state index >= 15 is 0 Å². The fourth-order valence-corrected chi connectivity index (χ4v) is 2.02. The van der Waals surface area contributed by atoms with Gasteiger partial charge in [-0.15, -0.1) is 0 Å². The molecule has 1 rings (SSSR count). The molecule has 0 saturated carbocycles. The summed E-state index contributed by atoms with van der Waals surface area (Å²) >= 11 is 0. The SMILES string of the molecule is CCCC#CC#CCOc1ccc(C[C@H](NC(C)=O)C(=O)NC)cc1. The summed E-state index contributed by atoms with van der Waals surface area (Å²) < 4.78 is 5.52. The average molecular weight is 340 g/mol. The molecule has 0 aliphatic heterocycles. The third-order valence-electron chi connectivity index (χ3n) is 3.23. The Bertz CT molecular complexity index is 688. The van der Waals surface area contributed by atoms with Crippen LogP contribution in [0.2, 0.25) is 0 Å². The predicted molar refractivity (Wildman–Crippen MR) is 97.8 cm³/mol. The van der Waals surface area contributed by atoms with Crippen LogP contribution in [0.5, 0.6) is 5.75 Å². The second-order valence-electron chi connectivity index (χ2n) is 5.36. The van der Waals surface area contributed by atoms with Crippen LogP contribution in [0.25, 0.3) is 0 Å². The molecule has 0 fully saturated rings. The predicted octanol–water partition coefficient (Wildman–Crippen LogP) is 1.67. The molecule has 0 saturated heterocycles. The van der Waals surface area contributed by atoms with E-state index in [9.17, 15) is 9.59 Å². The first kappa shape index (κ1) is 20.1. The highest BCUT2D eigenvalue weighted by molar-refractivity contribution is 5.86. The lowest BCUT2D eigenvalue weighted by atomic mass is 10.1. The number of carbonyl (C=O) groups is 2. The number of ether oxygens (including phenoxy) is 1. The molecule has 0 spiro atoms. The van der Waals surface area contributed by atoms with Crippen LogP contribution in [0.1, 0.15) is 32.3 Å². The van der Waals surface area contributed by atoms with Gasteiger partial charge in [-0.3, -0.25) is 9.59 Å². The van der Waals surface area contributed by atoms with Crippen LogP contribution in [-0.2, 0) is 16.0 Å². The van der Waals surface area contributed by atoms with E-state index in [4.69, 9.17) is 4.74 Å². The number of amides is 2. The zero-order chi connectivity index (χ0) is 18.5. The molecule has 1 atom stereocenters. The number of hydrogen-bond donors (Lipinski definition) is 2. The van der Waals surface area contributed by atoms with E-state index in [1.807, 2.05) is 24.3 Å². The van der Waals surface area contributed by atoms with Crippen molar-refractivity contribution in [2.24, 2.45) is 0 Å². The number of nitrogens with one attached hydrogen (secondary N) is 2. The number of benzene rings is 1. The second-order valence-corrected chi connectivity index (χ2v) is 5.36. The smallest absolute Gasteiger partial charge is 0.242 e. The van der Waals surface area contributed by atoms with Crippen LogP contribution in [0.3, 0.4) is 0 Å². The fourth-order valence-electron chi connectivity index (χ4n) is 2.02. The third kappa shape index (κ3) is 8.48. The Kier molecular flexibility index (Phi) is 9.33. The van der Waals surface area contributed by atoms with Gasteiger partial charge in [0.25, 0.3) is 0 Å². The van der Waals surface area contributed by atoms with Crippen LogP contribution in [-0.4, -0.2) is 31.5 Å². The highest BCUT2D eigenvalue weighted by Gasteiger charge is 2.18. The first-order chi connectivity index (χ1) is 12.1. The van der Waals surface area contributed by atoms with Gasteiger partial charge in [0.15, 0.2) is 0 Å². The summed E-state index contributed by atoms with van der Waals surface area (Å²) in [5, 5.41) is 5.19. The summed E-state index contributed by atoms with van der Waals surface area (Å²) in [7, 11) is 1.54. The van der Waals surface area contributed by atoms with Crippen molar-refractivity contribution in [1.82, 2.24) is 10.6 Å². The van der Waals surface area contributed by atoms with Gasteiger partial charge in [-0.05, 0) is 41.9 Å². The van der Waals surface area contributed by atoms with Crippen molar-refractivity contribution in [2.45, 2.75) is 39.2 Å². The van der Waals surface area contributed by atoms with E-state index in [1.165, 1.54) is 6.92 Å². The minimum Gasteiger partial charge on any atom is -0.481 e. The zero-order valence-corrected chi connectivity index (χ0v) is 14.9. The number of hydrogen-bond acceptors (Lipinski definition) is 3. The van der Waals surface area contributed by atoms with Crippen molar-refractivity contribution in [2.75, 3.05) is 13.7 Å². The highest BCUT2D eigenvalue weighted by Crippen LogP contribution is 2.13. The largest absolute Gasteiger partial charge is 0.481 e. The topological polar surface area (TPSA) is 67.4 Å². The second kappa shape index (κ2) is 11.6. The molecule has 0 aliphatic carbocycles. The first-order valence-corrected chi connectivity index (χ1v) is 8.23. The number of unbranched alkanes of at least 4 members (excludes halogenated alkanes) is 1. The maximum atomic E-state index is 11.8. The van der Waals surface area contributed by atoms with Crippen LogP contribution in [0.4, 0.5) is 0 Å². The summed E-state index contributed by atoms with van der Waals surface area (Å²) in [6.07, 6.45) is 2.29. The summed E-state index contributed by atoms with van der Waals surface area (Å²) in [4.78, 5) is 23.0. The van der Waals surface area contributed by atoms with Crippen molar-refractivity contribution in [3.05, 3.63) is 29.8 Å². The Labute approximate surface area is 149 Å². The summed E-state index contributed by atoms with van der Waals surface area (Å²) in [5.41, 5.74) is 0.922. The van der Waals surface area contributed by atoms with E-state index < -0.39 is 6.04 Å². The van der Waals surface area contributed by atoms with Crippen LogP contribution >= 0.6 is 0 Å². The third-order valence-corrected chi connectivity index (χ3v) is 3.23. The van der Waals surface area contributed by atoms with E-state index in [1.54, 1.807) is 7.05 Å². The van der Waals surface area contributed by atoms with Gasteiger partial charge < -0.3 is 15.4 Å². The van der Waals surface area contributed by atoms with Gasteiger partial charge in [-0.25, -0.2) is 0 Å². The van der Waals surface area contributed by atoms with Crippen LogP contribution in [0, 0.1) is 23.7 Å². The van der Waals surface area contributed by atoms with E-state index in [0.717, 1.165) is 18.4 Å². The summed E-state index contributed by atoms with van der Waals surface area (Å²) in [6, 6.07) is 6.76. The van der Waals surface area contributed by atoms with Crippen LogP contribution < -0.4 is 15.4 Å². The fraction of sp³-hybridized carbons (Fsp3) is 0.400.